The second-order valence-electron chi connectivity index (χ2n) is 4.28. The summed E-state index contributed by atoms with van der Waals surface area (Å²) in [4.78, 5) is 0. The van der Waals surface area contributed by atoms with Crippen molar-refractivity contribution in [3.8, 4) is 0 Å². The summed E-state index contributed by atoms with van der Waals surface area (Å²) < 4.78 is 0. The summed E-state index contributed by atoms with van der Waals surface area (Å²) in [5.41, 5.74) is 5.77. The predicted octanol–water partition coefficient (Wildman–Crippen LogP) is 5.26. The van der Waals surface area contributed by atoms with E-state index in [4.69, 9.17) is 0 Å². The van der Waals surface area contributed by atoms with E-state index in [-0.39, 0.29) is 0 Å². The van der Waals surface area contributed by atoms with Gasteiger partial charge in [-0.1, -0.05) is 66.8 Å². The average molecular weight is 224 g/mol. The lowest BCUT2D eigenvalue weighted by Crippen LogP contribution is -1.83. The molecule has 0 unspecified atom stereocenters. The van der Waals surface area contributed by atoms with Crippen molar-refractivity contribution in [2.24, 2.45) is 0 Å². The zero-order valence-corrected chi connectivity index (χ0v) is 11.0. The first-order valence-corrected chi connectivity index (χ1v) is 5.81. The predicted molar refractivity (Wildman–Crippen MR) is 78.8 cm³/mol. The molecule has 0 amide bonds. The van der Waals surface area contributed by atoms with Crippen LogP contribution in [-0.4, -0.2) is 0 Å². The van der Waals surface area contributed by atoms with Gasteiger partial charge in [-0.2, -0.15) is 0 Å². The Morgan fingerprint density at radius 2 is 1.47 bits per heavy atom. The number of hydrogen-bond donors (Lipinski definition) is 0. The van der Waals surface area contributed by atoms with Crippen LogP contribution in [0.15, 0.2) is 61.2 Å². The van der Waals surface area contributed by atoms with E-state index in [1.165, 1.54) is 16.7 Å². The third-order valence-electron chi connectivity index (χ3n) is 2.57. The molecule has 0 saturated heterocycles. The fourth-order valence-electron chi connectivity index (χ4n) is 1.54. The van der Waals surface area contributed by atoms with Crippen LogP contribution in [0.25, 0.3) is 11.1 Å². The summed E-state index contributed by atoms with van der Waals surface area (Å²) in [7, 11) is 0. The van der Waals surface area contributed by atoms with Gasteiger partial charge >= 0.3 is 0 Å². The normalized spacial score (nSPS) is 11.8. The lowest BCUT2D eigenvalue weighted by Gasteiger charge is -2.04. The number of rotatable bonds is 4. The van der Waals surface area contributed by atoms with E-state index < -0.39 is 0 Å². The largest absolute Gasteiger partial charge is 0.0961 e. The molecule has 0 heterocycles. The van der Waals surface area contributed by atoms with Crippen molar-refractivity contribution in [3.63, 3.8) is 0 Å². The zero-order valence-electron chi connectivity index (χ0n) is 11.0. The molecule has 0 aromatic heterocycles. The van der Waals surface area contributed by atoms with Crippen LogP contribution in [0.2, 0.25) is 0 Å². The summed E-state index contributed by atoms with van der Waals surface area (Å²) in [6.07, 6.45) is 6.23. The third kappa shape index (κ3) is 3.92. The van der Waals surface area contributed by atoms with Crippen molar-refractivity contribution in [3.05, 3.63) is 72.4 Å². The van der Waals surface area contributed by atoms with Crippen molar-refractivity contribution >= 4 is 11.1 Å². The van der Waals surface area contributed by atoms with Crippen molar-refractivity contribution < 1.29 is 0 Å². The summed E-state index contributed by atoms with van der Waals surface area (Å²) in [5.74, 6) is 0. The van der Waals surface area contributed by atoms with Gasteiger partial charge in [0.05, 0.1) is 0 Å². The van der Waals surface area contributed by atoms with E-state index in [0.717, 1.165) is 11.1 Å². The Morgan fingerprint density at radius 3 is 1.88 bits per heavy atom. The first kappa shape index (κ1) is 13.2. The van der Waals surface area contributed by atoms with E-state index in [1.807, 2.05) is 26.8 Å². The average Bonchev–Trinajstić information content (AvgIpc) is 2.30. The van der Waals surface area contributed by atoms with Gasteiger partial charge in [0, 0.05) is 0 Å². The Kier molecular flexibility index (Phi) is 4.71. The SMILES string of the molecule is C=C(C)/C=C\C(=C/C)c1ccc(C(=C)C)cc1. The number of benzene rings is 1. The maximum Gasteiger partial charge on any atom is -0.0187 e. The minimum Gasteiger partial charge on any atom is -0.0961 e. The molecule has 0 radical (unpaired) electrons. The smallest absolute Gasteiger partial charge is 0.0187 e. The van der Waals surface area contributed by atoms with Crippen molar-refractivity contribution in [1.82, 2.24) is 0 Å². The molecule has 0 aliphatic rings. The van der Waals surface area contributed by atoms with Crippen LogP contribution >= 0.6 is 0 Å². The Balaban J connectivity index is 2.98. The number of hydrogen-bond acceptors (Lipinski definition) is 0. The maximum absolute atomic E-state index is 3.94. The first-order chi connectivity index (χ1) is 8.04. The molecular weight excluding hydrogens is 204 g/mol. The molecule has 0 aliphatic carbocycles. The topological polar surface area (TPSA) is 0 Å². The van der Waals surface area contributed by atoms with Crippen molar-refractivity contribution in [1.29, 1.82) is 0 Å². The molecule has 88 valence electrons. The van der Waals surface area contributed by atoms with Crippen LogP contribution in [0.3, 0.4) is 0 Å². The van der Waals surface area contributed by atoms with Crippen LogP contribution in [-0.2, 0) is 0 Å². The lowest BCUT2D eigenvalue weighted by atomic mass is 10.0. The summed E-state index contributed by atoms with van der Waals surface area (Å²) in [5, 5.41) is 0. The fraction of sp³-hybridized carbons (Fsp3) is 0.176. The van der Waals surface area contributed by atoms with E-state index in [9.17, 15) is 0 Å². The maximum atomic E-state index is 3.94. The Bertz CT molecular complexity index is 467. The van der Waals surface area contributed by atoms with Crippen LogP contribution in [0.5, 0.6) is 0 Å². The molecule has 0 nitrogen and oxygen atoms in total. The number of allylic oxidation sites excluding steroid dienone is 6. The Hall–Kier alpha value is -1.82. The first-order valence-electron chi connectivity index (χ1n) is 5.81. The van der Waals surface area contributed by atoms with Crippen molar-refractivity contribution in [2.45, 2.75) is 20.8 Å². The Morgan fingerprint density at radius 1 is 0.941 bits per heavy atom. The van der Waals surface area contributed by atoms with Gasteiger partial charge in [0.2, 0.25) is 0 Å². The molecule has 0 atom stereocenters. The molecule has 0 bridgehead atoms. The second-order valence-corrected chi connectivity index (χ2v) is 4.28. The van der Waals surface area contributed by atoms with Crippen LogP contribution < -0.4 is 0 Å². The van der Waals surface area contributed by atoms with Gasteiger partial charge in [-0.15, -0.1) is 0 Å². The quantitative estimate of drug-likeness (QED) is 0.612. The molecule has 0 spiro atoms. The van der Waals surface area contributed by atoms with Gasteiger partial charge in [-0.3, -0.25) is 0 Å². The molecule has 0 saturated carbocycles. The fourth-order valence-corrected chi connectivity index (χ4v) is 1.54. The summed E-state index contributed by atoms with van der Waals surface area (Å²) >= 11 is 0. The molecule has 17 heavy (non-hydrogen) atoms. The lowest BCUT2D eigenvalue weighted by molar-refractivity contribution is 1.52. The third-order valence-corrected chi connectivity index (χ3v) is 2.57. The highest BCUT2D eigenvalue weighted by molar-refractivity contribution is 5.75. The summed E-state index contributed by atoms with van der Waals surface area (Å²) in [6.45, 7) is 13.9. The van der Waals surface area contributed by atoms with Gasteiger partial charge in [0.1, 0.15) is 0 Å². The van der Waals surface area contributed by atoms with Crippen LogP contribution in [0, 0.1) is 0 Å². The highest BCUT2D eigenvalue weighted by Gasteiger charge is 1.98. The molecule has 0 fully saturated rings. The van der Waals surface area contributed by atoms with E-state index >= 15 is 0 Å². The van der Waals surface area contributed by atoms with E-state index in [1.54, 1.807) is 0 Å². The molecule has 1 rings (SSSR count). The van der Waals surface area contributed by atoms with E-state index in [2.05, 4.69) is 49.6 Å². The van der Waals surface area contributed by atoms with Gasteiger partial charge < -0.3 is 0 Å². The van der Waals surface area contributed by atoms with Crippen LogP contribution in [0.4, 0.5) is 0 Å². The van der Waals surface area contributed by atoms with Gasteiger partial charge in [-0.05, 0) is 37.5 Å². The Labute approximate surface area is 105 Å². The standard InChI is InChI=1S/C17H20/c1-6-15(8-7-13(2)3)17-11-9-16(10-12-17)14(4)5/h6-12H,2,4H2,1,3,5H3/b8-7-,15-6+. The minimum absolute atomic E-state index is 1.06. The van der Waals surface area contributed by atoms with Gasteiger partial charge in [-0.25, -0.2) is 0 Å². The van der Waals surface area contributed by atoms with E-state index in [0.29, 0.717) is 0 Å². The molecule has 0 aliphatic heterocycles. The molecular formula is C17H20. The van der Waals surface area contributed by atoms with Crippen LogP contribution in [0.1, 0.15) is 31.9 Å². The molecule has 1 aromatic rings. The highest BCUT2D eigenvalue weighted by Crippen LogP contribution is 2.19. The molecule has 0 heteroatoms. The summed E-state index contributed by atoms with van der Waals surface area (Å²) in [6, 6.07) is 8.47. The van der Waals surface area contributed by atoms with Crippen molar-refractivity contribution in [2.75, 3.05) is 0 Å². The molecule has 1 aromatic carbocycles. The van der Waals surface area contributed by atoms with Gasteiger partial charge in [0.15, 0.2) is 0 Å². The highest BCUT2D eigenvalue weighted by atomic mass is 14.0. The minimum atomic E-state index is 1.06. The monoisotopic (exact) mass is 224 g/mol. The zero-order chi connectivity index (χ0) is 12.8. The second kappa shape index (κ2) is 6.05. The van der Waals surface area contributed by atoms with Gasteiger partial charge in [0.25, 0.3) is 0 Å². The molecule has 0 N–H and O–H groups in total.